The van der Waals surface area contributed by atoms with Gasteiger partial charge >= 0.3 is 0 Å². The third-order valence-electron chi connectivity index (χ3n) is 3.84. The first kappa shape index (κ1) is 12.2. The molecule has 0 bridgehead atoms. The smallest absolute Gasteiger partial charge is 0.242 e. The zero-order valence-electron chi connectivity index (χ0n) is 10.2. The van der Waals surface area contributed by atoms with Crippen LogP contribution >= 0.6 is 11.8 Å². The number of hydrogen-bond donors (Lipinski definition) is 1. The average Bonchev–Trinajstić information content (AvgIpc) is 2.85. The van der Waals surface area contributed by atoms with Gasteiger partial charge in [0, 0.05) is 18.3 Å². The van der Waals surface area contributed by atoms with Gasteiger partial charge in [-0.2, -0.15) is 11.8 Å². The maximum Gasteiger partial charge on any atom is 0.242 e. The molecule has 1 amide bonds. The van der Waals surface area contributed by atoms with E-state index in [2.05, 4.69) is 6.92 Å². The lowest BCUT2D eigenvalue weighted by atomic mass is 10.1. The number of rotatable bonds is 4. The van der Waals surface area contributed by atoms with Crippen LogP contribution in [0.3, 0.4) is 0 Å². The number of nitrogens with zero attached hydrogens (tertiary/aromatic N) is 1. The Morgan fingerprint density at radius 1 is 1.50 bits per heavy atom. The molecule has 2 atom stereocenters. The number of likely N-dealkylation sites (N-methyl/N-ethyl adjacent to an activating group) is 1. The summed E-state index contributed by atoms with van der Waals surface area (Å²) in [4.78, 5) is 14.0. The van der Waals surface area contributed by atoms with E-state index in [4.69, 9.17) is 5.73 Å². The van der Waals surface area contributed by atoms with Crippen LogP contribution in [0.5, 0.6) is 0 Å². The van der Waals surface area contributed by atoms with Crippen molar-refractivity contribution in [1.82, 2.24) is 4.90 Å². The molecule has 2 N–H and O–H groups in total. The maximum atomic E-state index is 12.1. The van der Waals surface area contributed by atoms with Crippen LogP contribution in [0.25, 0.3) is 0 Å². The fourth-order valence-electron chi connectivity index (χ4n) is 2.52. The van der Waals surface area contributed by atoms with Gasteiger partial charge in [-0.3, -0.25) is 4.79 Å². The van der Waals surface area contributed by atoms with Crippen molar-refractivity contribution in [1.29, 1.82) is 0 Å². The minimum atomic E-state index is -0.495. The van der Waals surface area contributed by atoms with Gasteiger partial charge < -0.3 is 10.6 Å². The molecule has 2 aliphatic rings. The SMILES string of the molecule is CCSC1CCC(N(C)C(=O)C2(N)CC2)C1. The quantitative estimate of drug-likeness (QED) is 0.814. The predicted molar refractivity (Wildman–Crippen MR) is 68.5 cm³/mol. The number of carbonyl (C=O) groups is 1. The highest BCUT2D eigenvalue weighted by Gasteiger charge is 2.49. The van der Waals surface area contributed by atoms with Crippen molar-refractivity contribution in [2.75, 3.05) is 12.8 Å². The Morgan fingerprint density at radius 2 is 2.19 bits per heavy atom. The van der Waals surface area contributed by atoms with Gasteiger partial charge in [-0.1, -0.05) is 6.92 Å². The molecule has 0 radical (unpaired) electrons. The van der Waals surface area contributed by atoms with E-state index in [-0.39, 0.29) is 5.91 Å². The van der Waals surface area contributed by atoms with Crippen molar-refractivity contribution in [3.63, 3.8) is 0 Å². The molecule has 2 fully saturated rings. The normalized spacial score (nSPS) is 31.4. The van der Waals surface area contributed by atoms with Gasteiger partial charge in [0.2, 0.25) is 5.91 Å². The van der Waals surface area contributed by atoms with Crippen molar-refractivity contribution in [2.45, 2.75) is 55.9 Å². The van der Waals surface area contributed by atoms with Gasteiger partial charge in [0.05, 0.1) is 5.54 Å². The molecule has 0 saturated heterocycles. The summed E-state index contributed by atoms with van der Waals surface area (Å²) in [5.74, 6) is 1.34. The number of thioether (sulfide) groups is 1. The first-order chi connectivity index (χ1) is 7.57. The number of hydrogen-bond acceptors (Lipinski definition) is 3. The molecule has 0 aromatic heterocycles. The van der Waals surface area contributed by atoms with Gasteiger partial charge in [0.25, 0.3) is 0 Å². The summed E-state index contributed by atoms with van der Waals surface area (Å²) < 4.78 is 0. The van der Waals surface area contributed by atoms with Crippen LogP contribution < -0.4 is 5.73 Å². The number of nitrogens with two attached hydrogens (primary N) is 1. The van der Waals surface area contributed by atoms with Crippen LogP contribution in [0.2, 0.25) is 0 Å². The lowest BCUT2D eigenvalue weighted by Gasteiger charge is -2.27. The largest absolute Gasteiger partial charge is 0.341 e. The molecule has 92 valence electrons. The zero-order valence-corrected chi connectivity index (χ0v) is 11.1. The monoisotopic (exact) mass is 242 g/mol. The number of amides is 1. The van der Waals surface area contributed by atoms with Crippen LogP contribution in [0.15, 0.2) is 0 Å². The summed E-state index contributed by atoms with van der Waals surface area (Å²) in [6, 6.07) is 0.428. The Hall–Kier alpha value is -0.220. The van der Waals surface area contributed by atoms with Crippen LogP contribution in [0.4, 0.5) is 0 Å². The second-order valence-corrected chi connectivity index (χ2v) is 6.69. The Balaban J connectivity index is 1.86. The zero-order chi connectivity index (χ0) is 11.8. The van der Waals surface area contributed by atoms with Gasteiger partial charge in [-0.15, -0.1) is 0 Å². The summed E-state index contributed by atoms with van der Waals surface area (Å²) in [7, 11) is 1.93. The highest BCUT2D eigenvalue weighted by atomic mass is 32.2. The van der Waals surface area contributed by atoms with Gasteiger partial charge in [-0.25, -0.2) is 0 Å². The molecule has 16 heavy (non-hydrogen) atoms. The highest BCUT2D eigenvalue weighted by Crippen LogP contribution is 2.37. The Kier molecular flexibility index (Phi) is 3.50. The lowest BCUT2D eigenvalue weighted by Crippen LogP contribution is -2.47. The Labute approximate surface area is 102 Å². The van der Waals surface area contributed by atoms with E-state index in [9.17, 15) is 4.79 Å². The van der Waals surface area contributed by atoms with E-state index in [0.717, 1.165) is 30.9 Å². The first-order valence-electron chi connectivity index (χ1n) is 6.24. The lowest BCUT2D eigenvalue weighted by molar-refractivity contribution is -0.134. The van der Waals surface area contributed by atoms with E-state index >= 15 is 0 Å². The van der Waals surface area contributed by atoms with Crippen molar-refractivity contribution in [3.05, 3.63) is 0 Å². The Morgan fingerprint density at radius 3 is 2.75 bits per heavy atom. The third kappa shape index (κ3) is 2.38. The fourth-order valence-corrected chi connectivity index (χ4v) is 3.65. The maximum absolute atomic E-state index is 12.1. The molecular weight excluding hydrogens is 220 g/mol. The molecule has 0 aliphatic heterocycles. The van der Waals surface area contributed by atoms with E-state index in [1.54, 1.807) is 0 Å². The van der Waals surface area contributed by atoms with Crippen molar-refractivity contribution < 1.29 is 4.79 Å². The third-order valence-corrected chi connectivity index (χ3v) is 5.07. The fraction of sp³-hybridized carbons (Fsp3) is 0.917. The van der Waals surface area contributed by atoms with E-state index in [1.165, 1.54) is 12.2 Å². The van der Waals surface area contributed by atoms with Crippen LogP contribution in [0, 0.1) is 0 Å². The van der Waals surface area contributed by atoms with Crippen LogP contribution in [-0.4, -0.2) is 40.4 Å². The molecule has 0 aromatic carbocycles. The standard InChI is InChI=1S/C12H22N2OS/c1-3-16-10-5-4-9(8-10)14(2)11(15)12(13)6-7-12/h9-10H,3-8,13H2,1-2H3. The molecule has 0 spiro atoms. The molecule has 0 heterocycles. The Bertz CT molecular complexity index is 278. The number of carbonyl (C=O) groups excluding carboxylic acids is 1. The van der Waals surface area contributed by atoms with Crippen molar-refractivity contribution in [2.24, 2.45) is 5.73 Å². The molecule has 0 aromatic rings. The molecule has 2 saturated carbocycles. The molecule has 2 unspecified atom stereocenters. The minimum absolute atomic E-state index is 0.166. The topological polar surface area (TPSA) is 46.3 Å². The van der Waals surface area contributed by atoms with Crippen LogP contribution in [0.1, 0.15) is 39.0 Å². The predicted octanol–water partition coefficient (Wildman–Crippen LogP) is 1.61. The molecule has 2 rings (SSSR count). The second kappa shape index (κ2) is 4.57. The summed E-state index contributed by atoms with van der Waals surface area (Å²) in [6.07, 6.45) is 5.29. The van der Waals surface area contributed by atoms with E-state index in [1.807, 2.05) is 23.7 Å². The van der Waals surface area contributed by atoms with Crippen LogP contribution in [-0.2, 0) is 4.79 Å². The van der Waals surface area contributed by atoms with Crippen molar-refractivity contribution in [3.8, 4) is 0 Å². The average molecular weight is 242 g/mol. The van der Waals surface area contributed by atoms with E-state index in [0.29, 0.717) is 6.04 Å². The van der Waals surface area contributed by atoms with Gasteiger partial charge in [0.15, 0.2) is 0 Å². The van der Waals surface area contributed by atoms with E-state index < -0.39 is 5.54 Å². The highest BCUT2D eigenvalue weighted by molar-refractivity contribution is 7.99. The summed E-state index contributed by atoms with van der Waals surface area (Å²) in [5.41, 5.74) is 5.46. The molecule has 3 nitrogen and oxygen atoms in total. The van der Waals surface area contributed by atoms with Gasteiger partial charge in [-0.05, 0) is 37.9 Å². The summed E-state index contributed by atoms with van der Waals surface area (Å²) in [6.45, 7) is 2.20. The molecule has 2 aliphatic carbocycles. The summed E-state index contributed by atoms with van der Waals surface area (Å²) >= 11 is 2.03. The molecular formula is C12H22N2OS. The molecule has 4 heteroatoms. The minimum Gasteiger partial charge on any atom is -0.341 e. The van der Waals surface area contributed by atoms with Gasteiger partial charge in [0.1, 0.15) is 0 Å². The first-order valence-corrected chi connectivity index (χ1v) is 7.29. The second-order valence-electron chi connectivity index (χ2n) is 5.12. The summed E-state index contributed by atoms with van der Waals surface area (Å²) in [5, 5.41) is 0.748. The van der Waals surface area contributed by atoms with Crippen molar-refractivity contribution >= 4 is 17.7 Å².